The van der Waals surface area contributed by atoms with Gasteiger partial charge in [-0.15, -0.1) is 0 Å². The maximum atomic E-state index is 11.7. The van der Waals surface area contributed by atoms with Gasteiger partial charge in [0.25, 0.3) is 0 Å². The number of nitrogens with two attached hydrogens (primary N) is 1. The molecule has 7 nitrogen and oxygen atoms in total. The lowest BCUT2D eigenvalue weighted by Gasteiger charge is -2.11. The summed E-state index contributed by atoms with van der Waals surface area (Å²) >= 11 is 0. The van der Waals surface area contributed by atoms with Crippen LogP contribution in [0.15, 0.2) is 22.6 Å². The Morgan fingerprint density at radius 1 is 1.43 bits per heavy atom. The summed E-state index contributed by atoms with van der Waals surface area (Å²) < 4.78 is 12.3. The van der Waals surface area contributed by atoms with Gasteiger partial charge >= 0.3 is 5.97 Å². The third-order valence-corrected chi connectivity index (χ3v) is 3.81. The van der Waals surface area contributed by atoms with E-state index in [1.165, 1.54) is 7.11 Å². The second-order valence-corrected chi connectivity index (χ2v) is 5.73. The van der Waals surface area contributed by atoms with Gasteiger partial charge in [0.2, 0.25) is 11.7 Å². The lowest BCUT2D eigenvalue weighted by Crippen LogP contribution is -2.15. The van der Waals surface area contributed by atoms with Crippen LogP contribution in [0.25, 0.3) is 22.0 Å². The van der Waals surface area contributed by atoms with Gasteiger partial charge in [-0.05, 0) is 39.2 Å². The van der Waals surface area contributed by atoms with Crippen molar-refractivity contribution in [2.24, 2.45) is 0 Å². The molecule has 0 fully saturated rings. The molecular weight excluding hydrogens is 296 g/mol. The number of hydrogen-bond donors (Lipinski definition) is 1. The number of aromatic nitrogens is 2. The lowest BCUT2D eigenvalue weighted by molar-refractivity contribution is 0.0567. The number of benzene rings is 1. The summed E-state index contributed by atoms with van der Waals surface area (Å²) in [5, 5.41) is 0.817. The summed E-state index contributed by atoms with van der Waals surface area (Å²) in [6.07, 6.45) is 0.945. The topological polar surface area (TPSA) is 86.5 Å². The number of imidazole rings is 1. The van der Waals surface area contributed by atoms with Crippen molar-refractivity contribution in [3.8, 4) is 0 Å². The van der Waals surface area contributed by atoms with Gasteiger partial charge < -0.3 is 24.4 Å². The number of nitrogens with zero attached hydrogens (tertiary/aromatic N) is 3. The van der Waals surface area contributed by atoms with Crippen LogP contribution in [-0.4, -0.2) is 48.2 Å². The maximum absolute atomic E-state index is 11.7. The molecule has 0 aliphatic heterocycles. The third kappa shape index (κ3) is 2.75. The highest BCUT2D eigenvalue weighted by molar-refractivity contribution is 6.06. The molecule has 0 saturated carbocycles. The number of methoxy groups -OCH3 is 1. The Morgan fingerprint density at radius 2 is 2.22 bits per heavy atom. The zero-order valence-corrected chi connectivity index (χ0v) is 13.5. The van der Waals surface area contributed by atoms with Crippen LogP contribution in [0.3, 0.4) is 0 Å². The largest absolute Gasteiger partial charge is 0.463 e. The molecule has 0 radical (unpaired) electrons. The smallest absolute Gasteiger partial charge is 0.373 e. The van der Waals surface area contributed by atoms with E-state index >= 15 is 0 Å². The molecule has 3 aromatic rings. The second kappa shape index (κ2) is 5.92. The normalized spacial score (nSPS) is 11.7. The summed E-state index contributed by atoms with van der Waals surface area (Å²) in [6.45, 7) is 1.70. The van der Waals surface area contributed by atoms with Crippen LogP contribution in [0.5, 0.6) is 0 Å². The molecule has 0 atom stereocenters. The predicted octanol–water partition coefficient (Wildman–Crippen LogP) is 2.10. The van der Waals surface area contributed by atoms with Crippen LogP contribution < -0.4 is 5.73 Å². The van der Waals surface area contributed by atoms with Gasteiger partial charge in [0.15, 0.2) is 0 Å². The molecule has 0 unspecified atom stereocenters. The Morgan fingerprint density at radius 3 is 2.91 bits per heavy atom. The summed E-state index contributed by atoms with van der Waals surface area (Å²) in [5.74, 6) is 0.141. The minimum absolute atomic E-state index is 0.176. The molecule has 1 aromatic carbocycles. The van der Waals surface area contributed by atoms with E-state index < -0.39 is 5.97 Å². The number of fused-ring (bicyclic) bond motifs is 3. The maximum Gasteiger partial charge on any atom is 0.373 e. The van der Waals surface area contributed by atoms with Crippen molar-refractivity contribution in [2.75, 3.05) is 33.5 Å². The number of esters is 1. The molecule has 0 saturated heterocycles. The molecule has 0 aliphatic rings. The van der Waals surface area contributed by atoms with Crippen LogP contribution >= 0.6 is 0 Å². The SMILES string of the molecule is COC(=O)c1cc2c(ccc3nc(N)n(CCCN(C)C)c32)o1. The molecule has 7 heteroatoms. The summed E-state index contributed by atoms with van der Waals surface area (Å²) in [6, 6.07) is 5.33. The first-order valence-corrected chi connectivity index (χ1v) is 7.42. The van der Waals surface area contributed by atoms with Gasteiger partial charge in [-0.2, -0.15) is 0 Å². The molecule has 0 aliphatic carbocycles. The Bertz CT molecular complexity index is 863. The van der Waals surface area contributed by atoms with Crippen molar-refractivity contribution < 1.29 is 13.9 Å². The minimum atomic E-state index is -0.499. The molecule has 2 N–H and O–H groups in total. The van der Waals surface area contributed by atoms with E-state index in [-0.39, 0.29) is 5.76 Å². The van der Waals surface area contributed by atoms with Crippen molar-refractivity contribution in [3.05, 3.63) is 24.0 Å². The van der Waals surface area contributed by atoms with Crippen LogP contribution in [0.4, 0.5) is 5.95 Å². The number of rotatable bonds is 5. The van der Waals surface area contributed by atoms with Gasteiger partial charge in [0.1, 0.15) is 5.58 Å². The Hall–Kier alpha value is -2.54. The fourth-order valence-corrected chi connectivity index (χ4v) is 2.73. The summed E-state index contributed by atoms with van der Waals surface area (Å²) in [7, 11) is 5.40. The second-order valence-electron chi connectivity index (χ2n) is 5.73. The number of anilines is 1. The number of carbonyl (C=O) groups is 1. The van der Waals surface area contributed by atoms with Gasteiger partial charge in [0.05, 0.1) is 18.1 Å². The summed E-state index contributed by atoms with van der Waals surface area (Å²) in [5.41, 5.74) is 8.36. The molecular formula is C16H20N4O3. The van der Waals surface area contributed by atoms with Gasteiger partial charge in [-0.1, -0.05) is 0 Å². The fraction of sp³-hybridized carbons (Fsp3) is 0.375. The monoisotopic (exact) mass is 316 g/mol. The van der Waals surface area contributed by atoms with E-state index in [4.69, 9.17) is 14.9 Å². The van der Waals surface area contributed by atoms with Crippen LogP contribution in [0.1, 0.15) is 17.0 Å². The van der Waals surface area contributed by atoms with Crippen molar-refractivity contribution in [2.45, 2.75) is 13.0 Å². The minimum Gasteiger partial charge on any atom is -0.463 e. The Kier molecular flexibility index (Phi) is 3.96. The van der Waals surface area contributed by atoms with Gasteiger partial charge in [-0.3, -0.25) is 0 Å². The zero-order valence-electron chi connectivity index (χ0n) is 13.5. The Balaban J connectivity index is 2.10. The first-order chi connectivity index (χ1) is 11.0. The fourth-order valence-electron chi connectivity index (χ4n) is 2.73. The number of aryl methyl sites for hydroxylation is 1. The van der Waals surface area contributed by atoms with E-state index in [1.54, 1.807) is 12.1 Å². The molecule has 23 heavy (non-hydrogen) atoms. The highest BCUT2D eigenvalue weighted by Gasteiger charge is 2.18. The van der Waals surface area contributed by atoms with E-state index in [0.717, 1.165) is 35.9 Å². The number of ether oxygens (including phenoxy) is 1. The first-order valence-electron chi connectivity index (χ1n) is 7.42. The van der Waals surface area contributed by atoms with Crippen LogP contribution in [0.2, 0.25) is 0 Å². The molecule has 3 rings (SSSR count). The molecule has 2 aromatic heterocycles. The lowest BCUT2D eigenvalue weighted by atomic mass is 10.2. The third-order valence-electron chi connectivity index (χ3n) is 3.81. The Labute approximate surface area is 133 Å². The number of furan rings is 1. The first kappa shape index (κ1) is 15.4. The quantitative estimate of drug-likeness (QED) is 0.725. The highest BCUT2D eigenvalue weighted by Crippen LogP contribution is 2.30. The standard InChI is InChI=1S/C16H20N4O3/c1-19(2)7-4-8-20-14-10-9-13(15(21)22-3)23-12(10)6-5-11(14)18-16(20)17/h5-6,9H,4,7-8H2,1-3H3,(H2,17,18). The number of carbonyl (C=O) groups excluding carboxylic acids is 1. The molecule has 0 spiro atoms. The van der Waals surface area contributed by atoms with E-state index in [9.17, 15) is 4.79 Å². The molecule has 0 amide bonds. The van der Waals surface area contributed by atoms with Crippen molar-refractivity contribution in [1.82, 2.24) is 14.5 Å². The molecule has 122 valence electrons. The zero-order chi connectivity index (χ0) is 16.6. The molecule has 2 heterocycles. The summed E-state index contributed by atoms with van der Waals surface area (Å²) in [4.78, 5) is 18.2. The number of nitrogen functional groups attached to an aromatic ring is 1. The van der Waals surface area contributed by atoms with Crippen molar-refractivity contribution in [3.63, 3.8) is 0 Å². The van der Waals surface area contributed by atoms with Gasteiger partial charge in [0, 0.05) is 18.0 Å². The highest BCUT2D eigenvalue weighted by atomic mass is 16.5. The van der Waals surface area contributed by atoms with Crippen LogP contribution in [0, 0.1) is 0 Å². The van der Waals surface area contributed by atoms with Crippen LogP contribution in [-0.2, 0) is 11.3 Å². The van der Waals surface area contributed by atoms with Crippen molar-refractivity contribution >= 4 is 33.9 Å². The van der Waals surface area contributed by atoms with E-state index in [2.05, 4.69) is 9.88 Å². The average molecular weight is 316 g/mol. The molecule has 0 bridgehead atoms. The number of hydrogen-bond acceptors (Lipinski definition) is 6. The average Bonchev–Trinajstić information content (AvgIpc) is 3.07. The van der Waals surface area contributed by atoms with Crippen molar-refractivity contribution in [1.29, 1.82) is 0 Å². The van der Waals surface area contributed by atoms with E-state index in [0.29, 0.717) is 11.5 Å². The van der Waals surface area contributed by atoms with E-state index in [1.807, 2.05) is 24.7 Å². The van der Waals surface area contributed by atoms with Gasteiger partial charge in [-0.25, -0.2) is 9.78 Å². The predicted molar refractivity (Wildman–Crippen MR) is 88.4 cm³/mol.